The lowest BCUT2D eigenvalue weighted by atomic mass is 10.1. The molecule has 0 saturated carbocycles. The van der Waals surface area contributed by atoms with Gasteiger partial charge in [0.05, 0.1) is 22.6 Å². The van der Waals surface area contributed by atoms with Gasteiger partial charge in [0.1, 0.15) is 5.82 Å². The lowest BCUT2D eigenvalue weighted by Gasteiger charge is -2.27. The lowest BCUT2D eigenvalue weighted by Crippen LogP contribution is -2.34. The minimum atomic E-state index is -0.355. The van der Waals surface area contributed by atoms with Crippen LogP contribution in [-0.4, -0.2) is 27.4 Å². The molecule has 4 rings (SSSR count). The van der Waals surface area contributed by atoms with Crippen LogP contribution in [0.1, 0.15) is 32.1 Å². The highest BCUT2D eigenvalue weighted by Gasteiger charge is 2.23. The molecule has 146 valence electrons. The first-order chi connectivity index (χ1) is 14.0. The van der Waals surface area contributed by atoms with E-state index in [0.29, 0.717) is 23.1 Å². The summed E-state index contributed by atoms with van der Waals surface area (Å²) < 4.78 is 1.64. The van der Waals surface area contributed by atoms with Gasteiger partial charge in [-0.1, -0.05) is 49.4 Å². The zero-order chi connectivity index (χ0) is 20.5. The smallest absolute Gasteiger partial charge is 0.266 e. The molecule has 1 aromatic heterocycles. The van der Waals surface area contributed by atoms with E-state index in [4.69, 9.17) is 4.98 Å². The minimum Gasteiger partial charge on any atom is -0.336 e. The predicted octanol–water partition coefficient (Wildman–Crippen LogP) is 4.47. The number of nitrogens with zero attached hydrogens (tertiary/aromatic N) is 3. The van der Waals surface area contributed by atoms with Crippen LogP contribution < -0.4 is 5.56 Å². The van der Waals surface area contributed by atoms with E-state index in [1.54, 1.807) is 22.6 Å². The third kappa shape index (κ3) is 3.29. The van der Waals surface area contributed by atoms with Crippen molar-refractivity contribution in [2.45, 2.75) is 26.3 Å². The Labute approximate surface area is 169 Å². The second-order valence-corrected chi connectivity index (χ2v) is 7.19. The maximum atomic E-state index is 13.5. The fourth-order valence-corrected chi connectivity index (χ4v) is 3.63. The number of aromatic nitrogens is 2. The molecule has 0 fully saturated rings. The summed E-state index contributed by atoms with van der Waals surface area (Å²) in [5.41, 5.74) is 1.24. The molecule has 5 heteroatoms. The molecule has 0 N–H and O–H groups in total. The number of rotatable bonds is 4. The Balaban J connectivity index is 2.01. The molecular formula is C24H23N3O2. The van der Waals surface area contributed by atoms with Crippen LogP contribution in [0.3, 0.4) is 0 Å². The van der Waals surface area contributed by atoms with Gasteiger partial charge in [0.25, 0.3) is 5.56 Å². The van der Waals surface area contributed by atoms with Crippen LogP contribution in [-0.2, 0) is 4.79 Å². The van der Waals surface area contributed by atoms with Crippen molar-refractivity contribution in [2.24, 2.45) is 0 Å². The Kier molecular flexibility index (Phi) is 4.89. The number of benzene rings is 3. The van der Waals surface area contributed by atoms with E-state index in [0.717, 1.165) is 16.5 Å². The van der Waals surface area contributed by atoms with E-state index in [1.807, 2.05) is 74.5 Å². The van der Waals surface area contributed by atoms with Crippen LogP contribution in [0.5, 0.6) is 0 Å². The zero-order valence-electron chi connectivity index (χ0n) is 16.8. The van der Waals surface area contributed by atoms with Crippen molar-refractivity contribution in [3.8, 4) is 5.69 Å². The van der Waals surface area contributed by atoms with Gasteiger partial charge in [-0.25, -0.2) is 4.98 Å². The normalized spacial score (nSPS) is 12.2. The highest BCUT2D eigenvalue weighted by molar-refractivity contribution is 5.85. The molecule has 29 heavy (non-hydrogen) atoms. The average Bonchev–Trinajstić information content (AvgIpc) is 2.77. The molecule has 0 spiro atoms. The summed E-state index contributed by atoms with van der Waals surface area (Å²) in [6.45, 7) is 3.73. The Morgan fingerprint density at radius 3 is 2.48 bits per heavy atom. The molecular weight excluding hydrogens is 362 g/mol. The van der Waals surface area contributed by atoms with Gasteiger partial charge in [-0.15, -0.1) is 0 Å². The van der Waals surface area contributed by atoms with E-state index in [2.05, 4.69) is 0 Å². The quantitative estimate of drug-likeness (QED) is 0.521. The molecule has 0 aliphatic rings. The summed E-state index contributed by atoms with van der Waals surface area (Å²) in [6.07, 6.45) is 0.397. The monoisotopic (exact) mass is 385 g/mol. The molecule has 0 radical (unpaired) electrons. The van der Waals surface area contributed by atoms with Crippen molar-refractivity contribution in [3.05, 3.63) is 82.9 Å². The van der Waals surface area contributed by atoms with E-state index in [9.17, 15) is 9.59 Å². The van der Waals surface area contributed by atoms with Gasteiger partial charge in [0.2, 0.25) is 5.91 Å². The third-order valence-electron chi connectivity index (χ3n) is 5.44. The van der Waals surface area contributed by atoms with Gasteiger partial charge < -0.3 is 4.90 Å². The van der Waals surface area contributed by atoms with Crippen molar-refractivity contribution >= 4 is 27.6 Å². The highest BCUT2D eigenvalue weighted by Crippen LogP contribution is 2.24. The van der Waals surface area contributed by atoms with Gasteiger partial charge in [0, 0.05) is 13.5 Å². The highest BCUT2D eigenvalue weighted by atomic mass is 16.2. The Morgan fingerprint density at radius 2 is 1.72 bits per heavy atom. The molecule has 0 saturated heterocycles. The molecule has 1 unspecified atom stereocenters. The molecule has 0 aliphatic carbocycles. The number of para-hydroxylation sites is 1. The Bertz CT molecular complexity index is 1280. The lowest BCUT2D eigenvalue weighted by molar-refractivity contribution is -0.131. The molecule has 3 aromatic carbocycles. The summed E-state index contributed by atoms with van der Waals surface area (Å²) >= 11 is 0. The van der Waals surface area contributed by atoms with Gasteiger partial charge in [-0.2, -0.15) is 0 Å². The van der Waals surface area contributed by atoms with Crippen molar-refractivity contribution in [3.63, 3.8) is 0 Å². The summed E-state index contributed by atoms with van der Waals surface area (Å²) in [6, 6.07) is 20.9. The first-order valence-corrected chi connectivity index (χ1v) is 9.77. The second-order valence-electron chi connectivity index (χ2n) is 7.19. The molecule has 1 atom stereocenters. The molecule has 0 aliphatic heterocycles. The van der Waals surface area contributed by atoms with Crippen LogP contribution in [0, 0.1) is 0 Å². The minimum absolute atomic E-state index is 0.00460. The Hall–Kier alpha value is -3.47. The van der Waals surface area contributed by atoms with Crippen LogP contribution in [0.4, 0.5) is 0 Å². The summed E-state index contributed by atoms with van der Waals surface area (Å²) in [5.74, 6) is 0.554. The second kappa shape index (κ2) is 7.51. The van der Waals surface area contributed by atoms with Crippen molar-refractivity contribution in [2.75, 3.05) is 7.05 Å². The average molecular weight is 385 g/mol. The van der Waals surface area contributed by atoms with E-state index < -0.39 is 0 Å². The van der Waals surface area contributed by atoms with Crippen molar-refractivity contribution < 1.29 is 4.79 Å². The zero-order valence-corrected chi connectivity index (χ0v) is 16.8. The molecule has 4 aromatic rings. The van der Waals surface area contributed by atoms with Gasteiger partial charge in [-0.05, 0) is 42.0 Å². The first kappa shape index (κ1) is 18.9. The molecule has 5 nitrogen and oxygen atoms in total. The van der Waals surface area contributed by atoms with Gasteiger partial charge in [0.15, 0.2) is 0 Å². The maximum Gasteiger partial charge on any atom is 0.266 e. The fraction of sp³-hybridized carbons (Fsp3) is 0.208. The molecule has 0 bridgehead atoms. The van der Waals surface area contributed by atoms with Crippen LogP contribution in [0.25, 0.3) is 27.4 Å². The first-order valence-electron chi connectivity index (χ1n) is 9.77. The van der Waals surface area contributed by atoms with Crippen molar-refractivity contribution in [1.82, 2.24) is 14.5 Å². The van der Waals surface area contributed by atoms with E-state index in [-0.39, 0.29) is 17.5 Å². The number of amides is 1. The van der Waals surface area contributed by atoms with Crippen LogP contribution in [0.15, 0.2) is 71.5 Å². The number of hydrogen-bond donors (Lipinski definition) is 0. The van der Waals surface area contributed by atoms with Crippen LogP contribution in [0.2, 0.25) is 0 Å². The Morgan fingerprint density at radius 1 is 1.03 bits per heavy atom. The predicted molar refractivity (Wildman–Crippen MR) is 116 cm³/mol. The SMILES string of the molecule is CCC(=O)N(C)C(C)c1nc2ccccc2c(=O)n1-c1ccc2ccccc2c1. The van der Waals surface area contributed by atoms with Crippen molar-refractivity contribution in [1.29, 1.82) is 0 Å². The summed E-state index contributed by atoms with van der Waals surface area (Å²) in [7, 11) is 1.75. The van der Waals surface area contributed by atoms with E-state index in [1.165, 1.54) is 0 Å². The maximum absolute atomic E-state index is 13.5. The van der Waals surface area contributed by atoms with Gasteiger partial charge in [-0.3, -0.25) is 14.2 Å². The number of carbonyl (C=O) groups is 1. The summed E-state index contributed by atoms with van der Waals surface area (Å²) in [4.78, 5) is 32.2. The molecule has 1 heterocycles. The van der Waals surface area contributed by atoms with Gasteiger partial charge >= 0.3 is 0 Å². The van der Waals surface area contributed by atoms with E-state index >= 15 is 0 Å². The third-order valence-corrected chi connectivity index (χ3v) is 5.44. The number of carbonyl (C=O) groups excluding carboxylic acids is 1. The number of fused-ring (bicyclic) bond motifs is 2. The number of hydrogen-bond acceptors (Lipinski definition) is 3. The fourth-order valence-electron chi connectivity index (χ4n) is 3.63. The largest absolute Gasteiger partial charge is 0.336 e. The standard InChI is InChI=1S/C24H23N3O2/c1-4-22(28)26(3)16(2)23-25-21-12-8-7-11-20(21)24(29)27(23)19-14-13-17-9-5-6-10-18(17)15-19/h5-16H,4H2,1-3H3. The topological polar surface area (TPSA) is 55.2 Å². The molecule has 1 amide bonds. The van der Waals surface area contributed by atoms with Crippen LogP contribution >= 0.6 is 0 Å². The summed E-state index contributed by atoms with van der Waals surface area (Å²) in [5, 5.41) is 2.70.